The molecule has 0 unspecified atom stereocenters. The van der Waals surface area contributed by atoms with Gasteiger partial charge >= 0.3 is 0 Å². The van der Waals surface area contributed by atoms with Crippen LogP contribution in [0.4, 0.5) is 0 Å². The normalized spacial score (nSPS) is 11.7. The van der Waals surface area contributed by atoms with Crippen LogP contribution in [0.15, 0.2) is 123 Å². The minimum atomic E-state index is 0.546. The van der Waals surface area contributed by atoms with Crippen molar-refractivity contribution in [3.05, 3.63) is 114 Å². The highest BCUT2D eigenvalue weighted by atomic mass is 79.9. The van der Waals surface area contributed by atoms with Crippen LogP contribution in [0.1, 0.15) is 0 Å². The number of para-hydroxylation sites is 3. The number of rotatable bonds is 3. The molecule has 5 nitrogen and oxygen atoms in total. The second-order valence-electron chi connectivity index (χ2n) is 9.41. The molecule has 184 valence electrons. The summed E-state index contributed by atoms with van der Waals surface area (Å²) < 4.78 is 13.4. The Morgan fingerprint density at radius 1 is 0.462 bits per heavy atom. The molecule has 3 aromatic heterocycles. The number of furan rings is 2. The minimum Gasteiger partial charge on any atom is -0.456 e. The Morgan fingerprint density at radius 3 is 1.87 bits per heavy atom. The number of hydrogen-bond donors (Lipinski definition) is 0. The van der Waals surface area contributed by atoms with E-state index in [-0.39, 0.29) is 0 Å². The molecule has 0 atom stereocenters. The highest BCUT2D eigenvalue weighted by Gasteiger charge is 2.18. The first-order valence-electron chi connectivity index (χ1n) is 12.6. The Morgan fingerprint density at radius 2 is 1.08 bits per heavy atom. The van der Waals surface area contributed by atoms with E-state index in [4.69, 9.17) is 23.8 Å². The number of halogens is 1. The lowest BCUT2D eigenvalue weighted by Crippen LogP contribution is -2.00. The minimum absolute atomic E-state index is 0.546. The van der Waals surface area contributed by atoms with Crippen molar-refractivity contribution in [2.24, 2.45) is 0 Å². The van der Waals surface area contributed by atoms with Crippen LogP contribution in [-0.2, 0) is 0 Å². The smallest absolute Gasteiger partial charge is 0.167 e. The molecule has 0 amide bonds. The summed E-state index contributed by atoms with van der Waals surface area (Å²) in [5.41, 5.74) is 5.77. The SMILES string of the molecule is Brc1cccc(-c2nc(-c3ccc4c(c3)oc3ccccc34)nc(-c3cccc4c3oc3ccccc34)n2)c1. The summed E-state index contributed by atoms with van der Waals surface area (Å²) >= 11 is 3.58. The first kappa shape index (κ1) is 22.2. The molecule has 0 radical (unpaired) electrons. The molecule has 0 spiro atoms. The van der Waals surface area contributed by atoms with E-state index in [1.54, 1.807) is 0 Å². The summed E-state index contributed by atoms with van der Waals surface area (Å²) in [5, 5.41) is 4.23. The zero-order valence-electron chi connectivity index (χ0n) is 20.4. The van der Waals surface area contributed by atoms with E-state index >= 15 is 0 Å². The average Bonchev–Trinajstić information content (AvgIpc) is 3.55. The summed E-state index contributed by atoms with van der Waals surface area (Å²) in [5.74, 6) is 1.68. The summed E-state index contributed by atoms with van der Waals surface area (Å²) in [6, 6.07) is 36.2. The van der Waals surface area contributed by atoms with Gasteiger partial charge in [0.2, 0.25) is 0 Å². The van der Waals surface area contributed by atoms with Crippen molar-refractivity contribution in [2.45, 2.75) is 0 Å². The topological polar surface area (TPSA) is 65.0 Å². The molecule has 0 aliphatic rings. The second-order valence-corrected chi connectivity index (χ2v) is 10.3. The molecule has 0 aliphatic carbocycles. The van der Waals surface area contributed by atoms with E-state index in [0.29, 0.717) is 17.5 Å². The van der Waals surface area contributed by atoms with Crippen LogP contribution in [0.3, 0.4) is 0 Å². The largest absolute Gasteiger partial charge is 0.456 e. The third-order valence-electron chi connectivity index (χ3n) is 7.00. The van der Waals surface area contributed by atoms with Crippen molar-refractivity contribution in [1.29, 1.82) is 0 Å². The molecule has 6 heteroatoms. The van der Waals surface area contributed by atoms with Gasteiger partial charge in [-0.05, 0) is 42.5 Å². The van der Waals surface area contributed by atoms with E-state index in [2.05, 4.69) is 40.2 Å². The van der Waals surface area contributed by atoms with Crippen molar-refractivity contribution in [1.82, 2.24) is 15.0 Å². The number of hydrogen-bond acceptors (Lipinski definition) is 5. The third kappa shape index (κ3) is 3.64. The summed E-state index contributed by atoms with van der Waals surface area (Å²) in [4.78, 5) is 14.8. The molecule has 8 rings (SSSR count). The third-order valence-corrected chi connectivity index (χ3v) is 7.49. The molecule has 0 fully saturated rings. The highest BCUT2D eigenvalue weighted by molar-refractivity contribution is 9.10. The van der Waals surface area contributed by atoms with Gasteiger partial charge < -0.3 is 8.83 Å². The molecular weight excluding hydrogens is 550 g/mol. The van der Waals surface area contributed by atoms with Crippen molar-refractivity contribution >= 4 is 59.8 Å². The predicted molar refractivity (Wildman–Crippen MR) is 158 cm³/mol. The number of aromatic nitrogens is 3. The Bertz CT molecular complexity index is 2210. The van der Waals surface area contributed by atoms with Gasteiger partial charge in [0, 0.05) is 37.1 Å². The molecule has 0 bridgehead atoms. The van der Waals surface area contributed by atoms with Gasteiger partial charge in [-0.25, -0.2) is 15.0 Å². The van der Waals surface area contributed by atoms with Crippen LogP contribution in [0.5, 0.6) is 0 Å². The fourth-order valence-electron chi connectivity index (χ4n) is 5.17. The lowest BCUT2D eigenvalue weighted by Gasteiger charge is -2.09. The van der Waals surface area contributed by atoms with Crippen LogP contribution < -0.4 is 0 Å². The number of benzene rings is 5. The maximum atomic E-state index is 6.32. The quantitative estimate of drug-likeness (QED) is 0.212. The fourth-order valence-corrected chi connectivity index (χ4v) is 5.57. The first-order chi connectivity index (χ1) is 19.2. The maximum Gasteiger partial charge on any atom is 0.167 e. The zero-order valence-corrected chi connectivity index (χ0v) is 22.0. The van der Waals surface area contributed by atoms with Gasteiger partial charge in [0.1, 0.15) is 22.3 Å². The molecule has 0 saturated carbocycles. The molecule has 5 aromatic carbocycles. The van der Waals surface area contributed by atoms with Gasteiger partial charge in [0.15, 0.2) is 17.5 Å². The second kappa shape index (κ2) is 8.61. The van der Waals surface area contributed by atoms with Crippen LogP contribution in [-0.4, -0.2) is 15.0 Å². The van der Waals surface area contributed by atoms with E-state index in [1.807, 2.05) is 84.9 Å². The average molecular weight is 568 g/mol. The molecule has 8 aromatic rings. The van der Waals surface area contributed by atoms with Gasteiger partial charge in [0.05, 0.1) is 5.56 Å². The summed E-state index contributed by atoms with van der Waals surface area (Å²) in [7, 11) is 0. The van der Waals surface area contributed by atoms with E-state index < -0.39 is 0 Å². The molecule has 0 saturated heterocycles. The van der Waals surface area contributed by atoms with E-state index in [0.717, 1.165) is 65.0 Å². The number of nitrogens with zero attached hydrogens (tertiary/aromatic N) is 3. The van der Waals surface area contributed by atoms with Crippen LogP contribution in [0.25, 0.3) is 78.0 Å². The van der Waals surface area contributed by atoms with Crippen molar-refractivity contribution < 1.29 is 8.83 Å². The number of fused-ring (bicyclic) bond motifs is 6. The summed E-state index contributed by atoms with van der Waals surface area (Å²) in [6.07, 6.45) is 0. The van der Waals surface area contributed by atoms with E-state index in [9.17, 15) is 0 Å². The zero-order chi connectivity index (χ0) is 25.9. The molecule has 39 heavy (non-hydrogen) atoms. The Kier molecular flexibility index (Phi) is 4.90. The predicted octanol–water partition coefficient (Wildman–Crippen LogP) is 9.43. The monoisotopic (exact) mass is 567 g/mol. The van der Waals surface area contributed by atoms with Crippen molar-refractivity contribution in [3.8, 4) is 34.2 Å². The lowest BCUT2D eigenvalue weighted by molar-refractivity contribution is 0.668. The first-order valence-corrected chi connectivity index (χ1v) is 13.3. The molecule has 3 heterocycles. The van der Waals surface area contributed by atoms with Gasteiger partial charge in [-0.1, -0.05) is 82.7 Å². The Hall–Kier alpha value is -4.81. The van der Waals surface area contributed by atoms with Crippen LogP contribution >= 0.6 is 15.9 Å². The van der Waals surface area contributed by atoms with Crippen molar-refractivity contribution in [2.75, 3.05) is 0 Å². The van der Waals surface area contributed by atoms with E-state index in [1.165, 1.54) is 0 Å². The highest BCUT2D eigenvalue weighted by Crippen LogP contribution is 2.36. The fraction of sp³-hybridized carbons (Fsp3) is 0. The standard InChI is InChI=1S/C33H18BrN3O2/c34-21-8-5-7-19(17-21)31-35-32(20-15-16-24-22-9-1-3-13-27(22)38-29(24)18-20)37-33(36-31)26-12-6-11-25-23-10-2-4-14-28(23)39-30(25)26/h1-18H. The Labute approximate surface area is 230 Å². The summed E-state index contributed by atoms with van der Waals surface area (Å²) in [6.45, 7) is 0. The van der Waals surface area contributed by atoms with Crippen LogP contribution in [0, 0.1) is 0 Å². The van der Waals surface area contributed by atoms with Gasteiger partial charge in [-0.2, -0.15) is 0 Å². The molecule has 0 N–H and O–H groups in total. The Balaban J connectivity index is 1.38. The van der Waals surface area contributed by atoms with Gasteiger partial charge in [-0.15, -0.1) is 0 Å². The molecule has 0 aliphatic heterocycles. The van der Waals surface area contributed by atoms with Crippen molar-refractivity contribution in [3.63, 3.8) is 0 Å². The lowest BCUT2D eigenvalue weighted by atomic mass is 10.1. The maximum absolute atomic E-state index is 6.32. The van der Waals surface area contributed by atoms with Gasteiger partial charge in [-0.3, -0.25) is 0 Å². The van der Waals surface area contributed by atoms with Crippen LogP contribution in [0.2, 0.25) is 0 Å². The van der Waals surface area contributed by atoms with Gasteiger partial charge in [0.25, 0.3) is 0 Å². The molecular formula is C33H18BrN3O2.